The number of hydrogen-bond acceptors (Lipinski definition) is 3. The predicted molar refractivity (Wildman–Crippen MR) is 74.7 cm³/mol. The Labute approximate surface area is 114 Å². The van der Waals surface area contributed by atoms with E-state index in [9.17, 15) is 9.90 Å². The van der Waals surface area contributed by atoms with Crippen molar-refractivity contribution in [3.8, 4) is 0 Å². The first-order chi connectivity index (χ1) is 9.14. The van der Waals surface area contributed by atoms with Gasteiger partial charge in [0, 0.05) is 19.0 Å². The maximum absolute atomic E-state index is 11.6. The molecule has 104 valence electrons. The Bertz CT molecular complexity index is 417. The summed E-state index contributed by atoms with van der Waals surface area (Å²) < 4.78 is 0. The van der Waals surface area contributed by atoms with E-state index in [-0.39, 0.29) is 12.5 Å². The van der Waals surface area contributed by atoms with Crippen LogP contribution in [0, 0.1) is 0 Å². The maximum Gasteiger partial charge on any atom is 0.221 e. The summed E-state index contributed by atoms with van der Waals surface area (Å²) in [6, 6.07) is 10.2. The van der Waals surface area contributed by atoms with Gasteiger partial charge in [0.05, 0.1) is 12.1 Å². The minimum absolute atomic E-state index is 0.00125. The minimum atomic E-state index is -0.499. The number of nitrogens with one attached hydrogen (secondary N) is 2. The molecular weight excluding hydrogens is 240 g/mol. The third kappa shape index (κ3) is 4.04. The Kier molecular flexibility index (Phi) is 4.56. The highest BCUT2D eigenvalue weighted by atomic mass is 16.3. The van der Waals surface area contributed by atoms with Gasteiger partial charge in [0.25, 0.3) is 0 Å². The van der Waals surface area contributed by atoms with Crippen LogP contribution in [0.4, 0.5) is 0 Å². The van der Waals surface area contributed by atoms with E-state index in [2.05, 4.69) is 10.6 Å². The molecule has 1 amide bonds. The molecule has 1 aliphatic carbocycles. The molecule has 1 aromatic carbocycles. The van der Waals surface area contributed by atoms with Crippen molar-refractivity contribution in [2.45, 2.75) is 37.8 Å². The lowest BCUT2D eigenvalue weighted by atomic mass is 9.93. The van der Waals surface area contributed by atoms with Crippen LogP contribution in [-0.4, -0.2) is 30.2 Å². The quantitative estimate of drug-likeness (QED) is 0.691. The van der Waals surface area contributed by atoms with Gasteiger partial charge in [-0.25, -0.2) is 0 Å². The zero-order valence-electron chi connectivity index (χ0n) is 11.4. The molecule has 19 heavy (non-hydrogen) atoms. The van der Waals surface area contributed by atoms with Crippen LogP contribution in [-0.2, 0) is 10.3 Å². The van der Waals surface area contributed by atoms with Crippen LogP contribution < -0.4 is 10.6 Å². The number of carbonyl (C=O) groups is 1. The lowest BCUT2D eigenvalue weighted by Crippen LogP contribution is -2.44. The van der Waals surface area contributed by atoms with Crippen LogP contribution >= 0.6 is 0 Å². The van der Waals surface area contributed by atoms with Gasteiger partial charge in [-0.05, 0) is 25.3 Å². The normalized spacial score (nSPS) is 17.8. The molecule has 1 aromatic rings. The van der Waals surface area contributed by atoms with Gasteiger partial charge in [-0.1, -0.05) is 30.3 Å². The van der Waals surface area contributed by atoms with Crippen molar-refractivity contribution in [2.24, 2.45) is 0 Å². The van der Waals surface area contributed by atoms with Crippen LogP contribution in [0.2, 0.25) is 0 Å². The third-order valence-electron chi connectivity index (χ3n) is 3.54. The molecule has 1 saturated carbocycles. The zero-order chi connectivity index (χ0) is 13.7. The van der Waals surface area contributed by atoms with Gasteiger partial charge < -0.3 is 15.7 Å². The van der Waals surface area contributed by atoms with E-state index in [4.69, 9.17) is 0 Å². The fraction of sp³-hybridized carbons (Fsp3) is 0.533. The largest absolute Gasteiger partial charge is 0.394 e. The van der Waals surface area contributed by atoms with Gasteiger partial charge in [0.1, 0.15) is 0 Å². The number of hydrogen-bond donors (Lipinski definition) is 3. The minimum Gasteiger partial charge on any atom is -0.394 e. The lowest BCUT2D eigenvalue weighted by Gasteiger charge is -2.29. The van der Waals surface area contributed by atoms with Gasteiger partial charge >= 0.3 is 0 Å². The Morgan fingerprint density at radius 2 is 2.05 bits per heavy atom. The van der Waals surface area contributed by atoms with Crippen LogP contribution in [0.25, 0.3) is 0 Å². The average molecular weight is 262 g/mol. The summed E-state index contributed by atoms with van der Waals surface area (Å²) in [5.41, 5.74) is 0.529. The van der Waals surface area contributed by atoms with E-state index < -0.39 is 5.54 Å². The summed E-state index contributed by atoms with van der Waals surface area (Å²) in [5.74, 6) is 0.0864. The van der Waals surface area contributed by atoms with Gasteiger partial charge in [-0.15, -0.1) is 0 Å². The first-order valence-electron chi connectivity index (χ1n) is 6.85. The molecular formula is C15H22N2O2. The molecule has 2 rings (SSSR count). The second-order valence-electron chi connectivity index (χ2n) is 5.37. The fourth-order valence-electron chi connectivity index (χ4n) is 2.03. The summed E-state index contributed by atoms with van der Waals surface area (Å²) in [5, 5.41) is 15.8. The fourth-order valence-corrected chi connectivity index (χ4v) is 2.03. The molecule has 4 nitrogen and oxygen atoms in total. The van der Waals surface area contributed by atoms with Gasteiger partial charge in [0.2, 0.25) is 5.91 Å². The molecule has 0 spiro atoms. The second-order valence-corrected chi connectivity index (χ2v) is 5.37. The summed E-state index contributed by atoms with van der Waals surface area (Å²) in [6.45, 7) is 2.51. The number of amides is 1. The van der Waals surface area contributed by atoms with Crippen molar-refractivity contribution >= 4 is 5.91 Å². The van der Waals surface area contributed by atoms with E-state index in [1.807, 2.05) is 37.3 Å². The monoisotopic (exact) mass is 262 g/mol. The molecule has 1 atom stereocenters. The highest BCUT2D eigenvalue weighted by Crippen LogP contribution is 2.20. The maximum atomic E-state index is 11.6. The first-order valence-corrected chi connectivity index (χ1v) is 6.85. The van der Waals surface area contributed by atoms with Crippen LogP contribution in [0.3, 0.4) is 0 Å². The Hall–Kier alpha value is -1.39. The molecule has 1 unspecified atom stereocenters. The third-order valence-corrected chi connectivity index (χ3v) is 3.54. The van der Waals surface area contributed by atoms with Crippen molar-refractivity contribution in [1.29, 1.82) is 0 Å². The zero-order valence-corrected chi connectivity index (χ0v) is 11.4. The van der Waals surface area contributed by atoms with Crippen molar-refractivity contribution < 1.29 is 9.90 Å². The van der Waals surface area contributed by atoms with Crippen molar-refractivity contribution in [3.05, 3.63) is 35.9 Å². The van der Waals surface area contributed by atoms with Gasteiger partial charge in [-0.2, -0.15) is 0 Å². The molecule has 0 aliphatic heterocycles. The van der Waals surface area contributed by atoms with E-state index in [1.54, 1.807) is 0 Å². The van der Waals surface area contributed by atoms with E-state index in [1.165, 1.54) is 0 Å². The number of rotatable bonds is 7. The molecule has 4 heteroatoms. The molecule has 1 aliphatic rings. The standard InChI is InChI=1S/C15H22N2O2/c1-15(11-18,12-5-3-2-4-6-12)16-10-9-14(19)17-13-7-8-13/h2-6,13,16,18H,7-11H2,1H3,(H,17,19). The van der Waals surface area contributed by atoms with Crippen molar-refractivity contribution in [2.75, 3.05) is 13.2 Å². The summed E-state index contributed by atoms with van der Waals surface area (Å²) in [7, 11) is 0. The predicted octanol–water partition coefficient (Wildman–Crippen LogP) is 1.15. The SMILES string of the molecule is CC(CO)(NCCC(=O)NC1CC1)c1ccccc1. The van der Waals surface area contributed by atoms with E-state index >= 15 is 0 Å². The van der Waals surface area contributed by atoms with E-state index in [0.29, 0.717) is 19.0 Å². The topological polar surface area (TPSA) is 61.4 Å². The van der Waals surface area contributed by atoms with Gasteiger partial charge in [-0.3, -0.25) is 4.79 Å². The molecule has 0 saturated heterocycles. The molecule has 0 heterocycles. The van der Waals surface area contributed by atoms with Crippen LogP contribution in [0.1, 0.15) is 31.7 Å². The summed E-state index contributed by atoms with van der Waals surface area (Å²) in [4.78, 5) is 11.6. The number of aliphatic hydroxyl groups excluding tert-OH is 1. The van der Waals surface area contributed by atoms with Crippen LogP contribution in [0.15, 0.2) is 30.3 Å². The highest BCUT2D eigenvalue weighted by Gasteiger charge is 2.26. The number of carbonyl (C=O) groups excluding carboxylic acids is 1. The van der Waals surface area contributed by atoms with E-state index in [0.717, 1.165) is 18.4 Å². The van der Waals surface area contributed by atoms with Crippen molar-refractivity contribution in [3.63, 3.8) is 0 Å². The first kappa shape index (κ1) is 14.0. The summed E-state index contributed by atoms with van der Waals surface area (Å²) >= 11 is 0. The second kappa shape index (κ2) is 6.17. The van der Waals surface area contributed by atoms with Crippen LogP contribution in [0.5, 0.6) is 0 Å². The molecule has 3 N–H and O–H groups in total. The smallest absolute Gasteiger partial charge is 0.221 e. The van der Waals surface area contributed by atoms with Crippen molar-refractivity contribution in [1.82, 2.24) is 10.6 Å². The Balaban J connectivity index is 1.82. The Morgan fingerprint density at radius 3 is 2.63 bits per heavy atom. The lowest BCUT2D eigenvalue weighted by molar-refractivity contribution is -0.121. The molecule has 0 radical (unpaired) electrons. The number of benzene rings is 1. The molecule has 0 bridgehead atoms. The molecule has 1 fully saturated rings. The average Bonchev–Trinajstić information content (AvgIpc) is 3.23. The summed E-state index contributed by atoms with van der Waals surface area (Å²) in [6.07, 6.45) is 2.66. The number of aliphatic hydroxyl groups is 1. The Morgan fingerprint density at radius 1 is 1.37 bits per heavy atom. The highest BCUT2D eigenvalue weighted by molar-refractivity contribution is 5.76. The molecule has 0 aromatic heterocycles. The van der Waals surface area contributed by atoms with Gasteiger partial charge in [0.15, 0.2) is 0 Å².